The van der Waals surface area contributed by atoms with E-state index in [0.29, 0.717) is 12.0 Å². The van der Waals surface area contributed by atoms with Crippen LogP contribution in [-0.4, -0.2) is 18.0 Å². The van der Waals surface area contributed by atoms with Crippen LogP contribution in [0.25, 0.3) is 0 Å². The first kappa shape index (κ1) is 11.4. The van der Waals surface area contributed by atoms with Gasteiger partial charge in [-0.25, -0.2) is 0 Å². The summed E-state index contributed by atoms with van der Waals surface area (Å²) in [7, 11) is 0. The second kappa shape index (κ2) is 7.11. The minimum Gasteiger partial charge on any atom is -0.378 e. The van der Waals surface area contributed by atoms with E-state index in [0.717, 1.165) is 11.9 Å². The van der Waals surface area contributed by atoms with Gasteiger partial charge in [-0.3, -0.25) is 0 Å². The summed E-state index contributed by atoms with van der Waals surface area (Å²) in [6, 6.07) is 0. The van der Waals surface area contributed by atoms with Crippen LogP contribution in [0.3, 0.4) is 0 Å². The lowest BCUT2D eigenvalue weighted by molar-refractivity contribution is 0.0432. The molecular formula is C9H19BrO. The molecule has 0 N–H and O–H groups in total. The largest absolute Gasteiger partial charge is 0.378 e. The van der Waals surface area contributed by atoms with Crippen LogP contribution >= 0.6 is 15.9 Å². The summed E-state index contributed by atoms with van der Waals surface area (Å²) in [5, 5.41) is 1.03. The zero-order chi connectivity index (χ0) is 8.69. The Morgan fingerprint density at radius 3 is 2.45 bits per heavy atom. The van der Waals surface area contributed by atoms with Crippen molar-refractivity contribution in [3.63, 3.8) is 0 Å². The van der Waals surface area contributed by atoms with Crippen LogP contribution in [0, 0.1) is 5.92 Å². The van der Waals surface area contributed by atoms with Crippen LogP contribution in [0.1, 0.15) is 33.6 Å². The molecular weight excluding hydrogens is 204 g/mol. The van der Waals surface area contributed by atoms with Gasteiger partial charge in [0.05, 0.1) is 12.7 Å². The number of alkyl halides is 1. The standard InChI is InChI=1S/C9H19BrO/c1-4-5-9(3)11-7-8(2)6-10/h8-9H,4-7H2,1-3H3. The SMILES string of the molecule is CCCC(C)OCC(C)CBr. The third-order valence-electron chi connectivity index (χ3n) is 1.62. The van der Waals surface area contributed by atoms with E-state index in [1.807, 2.05) is 0 Å². The first-order chi connectivity index (χ1) is 5.20. The molecule has 0 aromatic rings. The molecule has 2 heteroatoms. The molecule has 0 saturated carbocycles. The second-order valence-corrected chi connectivity index (χ2v) is 3.84. The van der Waals surface area contributed by atoms with Crippen LogP contribution in [-0.2, 0) is 4.74 Å². The summed E-state index contributed by atoms with van der Waals surface area (Å²) < 4.78 is 5.61. The Morgan fingerprint density at radius 2 is 2.00 bits per heavy atom. The molecule has 0 aromatic heterocycles. The first-order valence-corrected chi connectivity index (χ1v) is 5.50. The van der Waals surface area contributed by atoms with E-state index in [1.54, 1.807) is 0 Å². The van der Waals surface area contributed by atoms with Crippen LogP contribution in [0.15, 0.2) is 0 Å². The molecule has 0 bridgehead atoms. The Bertz CT molecular complexity index is 85.6. The van der Waals surface area contributed by atoms with Crippen molar-refractivity contribution in [2.24, 2.45) is 5.92 Å². The van der Waals surface area contributed by atoms with Gasteiger partial charge in [-0.05, 0) is 19.3 Å². The Balaban J connectivity index is 3.22. The molecule has 0 aliphatic heterocycles. The van der Waals surface area contributed by atoms with Gasteiger partial charge < -0.3 is 4.74 Å². The highest BCUT2D eigenvalue weighted by Gasteiger charge is 2.03. The molecule has 1 nitrogen and oxygen atoms in total. The van der Waals surface area contributed by atoms with Crippen molar-refractivity contribution in [1.82, 2.24) is 0 Å². The maximum atomic E-state index is 5.61. The predicted octanol–water partition coefficient (Wildman–Crippen LogP) is 3.22. The number of hydrogen-bond acceptors (Lipinski definition) is 1. The molecule has 2 unspecified atom stereocenters. The van der Waals surface area contributed by atoms with Crippen LogP contribution in [0.4, 0.5) is 0 Å². The number of rotatable bonds is 6. The van der Waals surface area contributed by atoms with E-state index in [4.69, 9.17) is 4.74 Å². The average Bonchev–Trinajstić information content (AvgIpc) is 2.01. The van der Waals surface area contributed by atoms with Gasteiger partial charge in [0.15, 0.2) is 0 Å². The Hall–Kier alpha value is 0.440. The fraction of sp³-hybridized carbons (Fsp3) is 1.00. The first-order valence-electron chi connectivity index (χ1n) is 4.38. The number of ether oxygens (including phenoxy) is 1. The van der Waals surface area contributed by atoms with Crippen LogP contribution in [0.2, 0.25) is 0 Å². The monoisotopic (exact) mass is 222 g/mol. The Kier molecular flexibility index (Phi) is 7.39. The van der Waals surface area contributed by atoms with Crippen molar-refractivity contribution in [1.29, 1.82) is 0 Å². The molecule has 0 aliphatic carbocycles. The van der Waals surface area contributed by atoms with Gasteiger partial charge in [-0.1, -0.05) is 36.2 Å². The third-order valence-corrected chi connectivity index (χ3v) is 2.73. The molecule has 0 aromatic carbocycles. The topological polar surface area (TPSA) is 9.23 Å². The summed E-state index contributed by atoms with van der Waals surface area (Å²) in [4.78, 5) is 0. The predicted molar refractivity (Wildman–Crippen MR) is 53.3 cm³/mol. The molecule has 0 saturated heterocycles. The molecule has 2 atom stereocenters. The Labute approximate surface area is 78.6 Å². The normalized spacial score (nSPS) is 16.4. The number of hydrogen-bond donors (Lipinski definition) is 0. The molecule has 0 rings (SSSR count). The smallest absolute Gasteiger partial charge is 0.0547 e. The highest BCUT2D eigenvalue weighted by Crippen LogP contribution is 2.05. The Morgan fingerprint density at radius 1 is 1.36 bits per heavy atom. The fourth-order valence-electron chi connectivity index (χ4n) is 0.863. The van der Waals surface area contributed by atoms with Gasteiger partial charge in [-0.2, -0.15) is 0 Å². The maximum Gasteiger partial charge on any atom is 0.0547 e. The summed E-state index contributed by atoms with van der Waals surface area (Å²) in [5.74, 6) is 0.634. The zero-order valence-electron chi connectivity index (χ0n) is 7.77. The van der Waals surface area contributed by atoms with E-state index in [2.05, 4.69) is 36.7 Å². The highest BCUT2D eigenvalue weighted by atomic mass is 79.9. The number of halogens is 1. The van der Waals surface area contributed by atoms with Crippen LogP contribution in [0.5, 0.6) is 0 Å². The highest BCUT2D eigenvalue weighted by molar-refractivity contribution is 9.09. The lowest BCUT2D eigenvalue weighted by Crippen LogP contribution is -2.14. The maximum absolute atomic E-state index is 5.61. The van der Waals surface area contributed by atoms with Gasteiger partial charge in [0.25, 0.3) is 0 Å². The van der Waals surface area contributed by atoms with Crippen molar-refractivity contribution < 1.29 is 4.74 Å². The molecule has 68 valence electrons. The van der Waals surface area contributed by atoms with E-state index in [9.17, 15) is 0 Å². The lowest BCUT2D eigenvalue weighted by Gasteiger charge is -2.14. The molecule has 0 spiro atoms. The summed E-state index contributed by atoms with van der Waals surface area (Å²) in [6.07, 6.45) is 2.82. The van der Waals surface area contributed by atoms with Crippen molar-refractivity contribution in [3.05, 3.63) is 0 Å². The van der Waals surface area contributed by atoms with Gasteiger partial charge in [0.1, 0.15) is 0 Å². The van der Waals surface area contributed by atoms with Crippen LogP contribution < -0.4 is 0 Å². The fourth-order valence-corrected chi connectivity index (χ4v) is 1.05. The minimum atomic E-state index is 0.432. The summed E-state index contributed by atoms with van der Waals surface area (Å²) in [5.41, 5.74) is 0. The van der Waals surface area contributed by atoms with Gasteiger partial charge in [-0.15, -0.1) is 0 Å². The van der Waals surface area contributed by atoms with E-state index < -0.39 is 0 Å². The second-order valence-electron chi connectivity index (χ2n) is 3.19. The van der Waals surface area contributed by atoms with Crippen molar-refractivity contribution in [2.45, 2.75) is 39.7 Å². The lowest BCUT2D eigenvalue weighted by atomic mass is 10.2. The van der Waals surface area contributed by atoms with Crippen molar-refractivity contribution >= 4 is 15.9 Å². The minimum absolute atomic E-state index is 0.432. The van der Waals surface area contributed by atoms with E-state index >= 15 is 0 Å². The van der Waals surface area contributed by atoms with E-state index in [1.165, 1.54) is 12.8 Å². The molecule has 0 radical (unpaired) electrons. The molecule has 0 fully saturated rings. The quantitative estimate of drug-likeness (QED) is 0.628. The third kappa shape index (κ3) is 6.82. The molecule has 11 heavy (non-hydrogen) atoms. The van der Waals surface area contributed by atoms with Crippen molar-refractivity contribution in [2.75, 3.05) is 11.9 Å². The molecule has 0 heterocycles. The summed E-state index contributed by atoms with van der Waals surface area (Å²) >= 11 is 3.42. The van der Waals surface area contributed by atoms with Gasteiger partial charge in [0, 0.05) is 5.33 Å². The summed E-state index contributed by atoms with van der Waals surface area (Å²) in [6.45, 7) is 7.40. The molecule has 0 aliphatic rings. The van der Waals surface area contributed by atoms with Gasteiger partial charge >= 0.3 is 0 Å². The van der Waals surface area contributed by atoms with Crippen molar-refractivity contribution in [3.8, 4) is 0 Å². The van der Waals surface area contributed by atoms with E-state index in [-0.39, 0.29) is 0 Å². The molecule has 0 amide bonds. The average molecular weight is 223 g/mol. The zero-order valence-corrected chi connectivity index (χ0v) is 9.36. The van der Waals surface area contributed by atoms with Gasteiger partial charge in [0.2, 0.25) is 0 Å².